The number of hydrogen-bond acceptors (Lipinski definition) is 3. The fraction of sp³-hybridized carbons (Fsp3) is 0.526. The molecule has 0 bridgehead atoms. The zero-order chi connectivity index (χ0) is 23.6. The summed E-state index contributed by atoms with van der Waals surface area (Å²) in [5.74, 6) is -2.29. The first-order valence-corrected chi connectivity index (χ1v) is 11.3. The quantitative estimate of drug-likeness (QED) is 0.351. The van der Waals surface area contributed by atoms with Gasteiger partial charge in [-0.2, -0.15) is 26.3 Å². The monoisotopic (exact) mass is 490 g/mol. The van der Waals surface area contributed by atoms with Gasteiger partial charge >= 0.3 is 12.4 Å². The lowest BCUT2D eigenvalue weighted by molar-refractivity contribution is -0.135. The van der Waals surface area contributed by atoms with Gasteiger partial charge in [0, 0.05) is 28.4 Å². The van der Waals surface area contributed by atoms with Gasteiger partial charge in [0.2, 0.25) is 0 Å². The topological polar surface area (TPSA) is 34.4 Å². The minimum Gasteiger partial charge on any atom is -0.287 e. The van der Waals surface area contributed by atoms with Crippen molar-refractivity contribution in [1.29, 1.82) is 0 Å². The van der Waals surface area contributed by atoms with Gasteiger partial charge in [-0.1, -0.05) is 0 Å². The first-order chi connectivity index (χ1) is 14.2. The van der Waals surface area contributed by atoms with Crippen molar-refractivity contribution >= 4 is 22.1 Å². The van der Waals surface area contributed by atoms with Gasteiger partial charge in [0.15, 0.2) is 4.80 Å². The fourth-order valence-electron chi connectivity index (χ4n) is 2.84. The predicted molar refractivity (Wildman–Crippen MR) is 105 cm³/mol. The number of halogens is 7. The van der Waals surface area contributed by atoms with E-state index < -0.39 is 41.1 Å². The summed E-state index contributed by atoms with van der Waals surface area (Å²) in [5, 5.41) is 0. The summed E-state index contributed by atoms with van der Waals surface area (Å²) in [6.07, 6.45) is -9.75. The zero-order valence-corrected chi connectivity index (χ0v) is 18.6. The number of alkyl halides is 6. The number of hydrogen-bond donors (Lipinski definition) is 0. The van der Waals surface area contributed by atoms with E-state index in [4.69, 9.17) is 0 Å². The highest BCUT2D eigenvalue weighted by Crippen LogP contribution is 2.27. The molecule has 0 aliphatic rings. The molecule has 0 saturated carbocycles. The van der Waals surface area contributed by atoms with Crippen molar-refractivity contribution in [2.24, 2.45) is 4.99 Å². The second-order valence-electron chi connectivity index (χ2n) is 6.99. The molecule has 0 fully saturated rings. The highest BCUT2D eigenvalue weighted by Gasteiger charge is 2.32. The van der Waals surface area contributed by atoms with Crippen LogP contribution in [0.2, 0.25) is 0 Å². The van der Waals surface area contributed by atoms with Gasteiger partial charge in [0.25, 0.3) is 0 Å². The van der Waals surface area contributed by atoms with Crippen molar-refractivity contribution in [3.63, 3.8) is 0 Å². The molecule has 1 heterocycles. The molecule has 174 valence electrons. The van der Waals surface area contributed by atoms with Crippen LogP contribution in [0.1, 0.15) is 35.4 Å². The van der Waals surface area contributed by atoms with Crippen molar-refractivity contribution in [1.82, 2.24) is 4.57 Å². The third-order valence-electron chi connectivity index (χ3n) is 4.42. The molecular formula is C19H21F7N2OS2. The molecular weight excluding hydrogens is 469 g/mol. The van der Waals surface area contributed by atoms with E-state index in [1.54, 1.807) is 13.8 Å². The molecule has 1 aromatic carbocycles. The van der Waals surface area contributed by atoms with E-state index in [0.717, 1.165) is 17.0 Å². The van der Waals surface area contributed by atoms with Crippen LogP contribution in [0.5, 0.6) is 0 Å². The molecule has 3 nitrogen and oxygen atoms in total. The second kappa shape index (κ2) is 9.85. The number of thiazole rings is 1. The summed E-state index contributed by atoms with van der Waals surface area (Å²) < 4.78 is 103. The summed E-state index contributed by atoms with van der Waals surface area (Å²) in [6.45, 7) is 4.86. The Bertz CT molecular complexity index is 1020. The Morgan fingerprint density at radius 3 is 2.26 bits per heavy atom. The summed E-state index contributed by atoms with van der Waals surface area (Å²) in [4.78, 5) is 5.19. The zero-order valence-electron chi connectivity index (χ0n) is 17.0. The lowest BCUT2D eigenvalue weighted by Crippen LogP contribution is -2.20. The van der Waals surface area contributed by atoms with E-state index in [9.17, 15) is 34.9 Å². The molecule has 31 heavy (non-hydrogen) atoms. The molecule has 12 heteroatoms. The van der Waals surface area contributed by atoms with E-state index in [1.165, 1.54) is 22.8 Å². The molecule has 1 atom stereocenters. The normalized spacial score (nSPS) is 14.3. The molecule has 2 aromatic rings. The molecule has 0 saturated heterocycles. The van der Waals surface area contributed by atoms with Gasteiger partial charge in [-0.25, -0.2) is 4.39 Å². The standard InChI is InChI=1S/C19H21F7N2OS2/c1-11-8-14(20)15(9-16(11)31(29)10-19(24,25)26)28-12(2)13(3)30-17(28)27-7-5-4-6-18(21,22)23/h8-9H,4-7,10H2,1-3H3. The first-order valence-electron chi connectivity index (χ1n) is 9.21. The first kappa shape index (κ1) is 25.6. The van der Waals surface area contributed by atoms with Crippen LogP contribution < -0.4 is 4.80 Å². The van der Waals surface area contributed by atoms with Gasteiger partial charge in [-0.05, 0) is 51.3 Å². The van der Waals surface area contributed by atoms with Crippen LogP contribution in [-0.4, -0.2) is 33.4 Å². The summed E-state index contributed by atoms with van der Waals surface area (Å²) >= 11 is 1.19. The summed E-state index contributed by atoms with van der Waals surface area (Å²) in [7, 11) is -2.42. The molecule has 0 spiro atoms. The minimum absolute atomic E-state index is 0.0792. The third-order valence-corrected chi connectivity index (χ3v) is 7.04. The van der Waals surface area contributed by atoms with E-state index >= 15 is 0 Å². The maximum absolute atomic E-state index is 14.8. The van der Waals surface area contributed by atoms with Crippen LogP contribution >= 0.6 is 11.3 Å². The lowest BCUT2D eigenvalue weighted by Gasteiger charge is -2.14. The van der Waals surface area contributed by atoms with Crippen molar-refractivity contribution in [3.8, 4) is 5.69 Å². The average Bonchev–Trinajstić information content (AvgIpc) is 2.86. The van der Waals surface area contributed by atoms with Crippen LogP contribution in [0.25, 0.3) is 5.69 Å². The van der Waals surface area contributed by atoms with Crippen LogP contribution in [0.15, 0.2) is 22.0 Å². The van der Waals surface area contributed by atoms with E-state index in [1.807, 2.05) is 0 Å². The van der Waals surface area contributed by atoms with Crippen molar-refractivity contribution < 1.29 is 34.9 Å². The van der Waals surface area contributed by atoms with Crippen LogP contribution in [0.3, 0.4) is 0 Å². The predicted octanol–water partition coefficient (Wildman–Crippen LogP) is 5.91. The molecule has 0 N–H and O–H groups in total. The number of aryl methyl sites for hydroxylation is 2. The Labute approximate surface area is 181 Å². The van der Waals surface area contributed by atoms with Gasteiger partial charge in [0.1, 0.15) is 11.6 Å². The maximum atomic E-state index is 14.8. The number of nitrogens with zero attached hydrogens (tertiary/aromatic N) is 2. The van der Waals surface area contributed by atoms with Crippen LogP contribution in [0, 0.1) is 26.6 Å². The summed E-state index contributed by atoms with van der Waals surface area (Å²) in [6, 6.07) is 2.14. The minimum atomic E-state index is -4.65. The van der Waals surface area contributed by atoms with E-state index in [2.05, 4.69) is 4.99 Å². The number of benzene rings is 1. The van der Waals surface area contributed by atoms with Crippen LogP contribution in [0.4, 0.5) is 30.7 Å². The highest BCUT2D eigenvalue weighted by molar-refractivity contribution is 7.85. The Morgan fingerprint density at radius 2 is 1.68 bits per heavy atom. The summed E-state index contributed by atoms with van der Waals surface area (Å²) in [5.41, 5.74) is 0.598. The maximum Gasteiger partial charge on any atom is 0.400 e. The van der Waals surface area contributed by atoms with Crippen molar-refractivity contribution in [2.75, 3.05) is 12.3 Å². The van der Waals surface area contributed by atoms with Crippen LogP contribution in [-0.2, 0) is 10.8 Å². The Morgan fingerprint density at radius 1 is 1.03 bits per heavy atom. The molecule has 0 aliphatic heterocycles. The number of rotatable bonds is 7. The van der Waals surface area contributed by atoms with Crippen molar-refractivity contribution in [3.05, 3.63) is 38.9 Å². The SMILES string of the molecule is Cc1cc(F)c(-n2c(C)c(C)sc2=NCCCCC(F)(F)F)cc1S(=O)CC(F)(F)F. The molecule has 0 amide bonds. The molecule has 2 rings (SSSR count). The lowest BCUT2D eigenvalue weighted by atomic mass is 10.2. The number of aromatic nitrogens is 1. The molecule has 0 radical (unpaired) electrons. The van der Waals surface area contributed by atoms with Gasteiger partial charge in [0.05, 0.1) is 16.5 Å². The van der Waals surface area contributed by atoms with E-state index in [0.29, 0.717) is 10.5 Å². The molecule has 1 aromatic heterocycles. The molecule has 1 unspecified atom stereocenters. The highest BCUT2D eigenvalue weighted by atomic mass is 32.2. The van der Waals surface area contributed by atoms with Gasteiger partial charge < -0.3 is 0 Å². The number of unbranched alkanes of at least 4 members (excludes halogenated alkanes) is 1. The van der Waals surface area contributed by atoms with Gasteiger partial charge in [-0.3, -0.25) is 13.8 Å². The Balaban J connectivity index is 2.43. The Hall–Kier alpha value is -1.69. The average molecular weight is 491 g/mol. The smallest absolute Gasteiger partial charge is 0.287 e. The Kier molecular flexibility index (Phi) is 8.12. The second-order valence-corrected chi connectivity index (χ2v) is 9.59. The largest absolute Gasteiger partial charge is 0.400 e. The van der Waals surface area contributed by atoms with Crippen molar-refractivity contribution in [2.45, 2.75) is 57.3 Å². The fourth-order valence-corrected chi connectivity index (χ4v) is 4.95. The molecule has 0 aliphatic carbocycles. The third kappa shape index (κ3) is 7.16. The van der Waals surface area contributed by atoms with Gasteiger partial charge in [-0.15, -0.1) is 11.3 Å². The van der Waals surface area contributed by atoms with E-state index in [-0.39, 0.29) is 35.5 Å².